The second-order valence-corrected chi connectivity index (χ2v) is 8.95. The number of nitrogen functional groups attached to an aromatic ring is 1. The summed E-state index contributed by atoms with van der Waals surface area (Å²) in [6.07, 6.45) is 7.70. The fraction of sp³-hybridized carbons (Fsp3) is 0.400. The first-order chi connectivity index (χ1) is 16.7. The van der Waals surface area contributed by atoms with Crippen LogP contribution in [0.2, 0.25) is 0 Å². The van der Waals surface area contributed by atoms with Crippen LogP contribution in [0.3, 0.4) is 0 Å². The van der Waals surface area contributed by atoms with Crippen molar-refractivity contribution in [3.63, 3.8) is 0 Å². The molecule has 10 nitrogen and oxygen atoms in total. The van der Waals surface area contributed by atoms with E-state index >= 15 is 0 Å². The summed E-state index contributed by atoms with van der Waals surface area (Å²) in [6.45, 7) is 7.84. The number of carbonyl (C=O) groups excluding carboxylic acids is 1. The Morgan fingerprint density at radius 3 is 2.83 bits per heavy atom. The van der Waals surface area contributed by atoms with Gasteiger partial charge in [0.2, 0.25) is 17.4 Å². The second kappa shape index (κ2) is 11.1. The third kappa shape index (κ3) is 6.21. The van der Waals surface area contributed by atoms with Crippen LogP contribution in [0.25, 0.3) is 22.2 Å². The van der Waals surface area contributed by atoms with Gasteiger partial charge in [-0.25, -0.2) is 4.98 Å². The first-order valence-corrected chi connectivity index (χ1v) is 11.6. The van der Waals surface area contributed by atoms with E-state index in [1.807, 2.05) is 6.92 Å². The van der Waals surface area contributed by atoms with E-state index in [9.17, 15) is 14.7 Å². The predicted octanol–water partition coefficient (Wildman–Crippen LogP) is 2.85. The predicted molar refractivity (Wildman–Crippen MR) is 138 cm³/mol. The highest BCUT2D eigenvalue weighted by Gasteiger charge is 2.25. The van der Waals surface area contributed by atoms with Gasteiger partial charge in [-0.2, -0.15) is 4.98 Å². The van der Waals surface area contributed by atoms with Gasteiger partial charge in [-0.05, 0) is 30.5 Å². The normalized spacial score (nSPS) is 12.8. The van der Waals surface area contributed by atoms with Crippen LogP contribution < -0.4 is 16.6 Å². The van der Waals surface area contributed by atoms with Crippen molar-refractivity contribution in [2.45, 2.75) is 51.6 Å². The van der Waals surface area contributed by atoms with E-state index in [0.29, 0.717) is 34.5 Å². The average molecular weight is 480 g/mol. The number of unbranched alkanes of at least 4 members (excludes halogenated alkanes) is 1. The molecule has 3 aromatic rings. The number of nitrogens with one attached hydrogen (secondary N) is 2. The Morgan fingerprint density at radius 1 is 1.37 bits per heavy atom. The van der Waals surface area contributed by atoms with Crippen molar-refractivity contribution in [3.8, 4) is 11.1 Å². The number of nitrogens with zero attached hydrogens (tertiary/aromatic N) is 4. The molecule has 0 saturated heterocycles. The zero-order valence-corrected chi connectivity index (χ0v) is 20.5. The number of fused-ring (bicyclic) bond motifs is 1. The summed E-state index contributed by atoms with van der Waals surface area (Å²) in [5, 5.41) is 13.3. The van der Waals surface area contributed by atoms with E-state index < -0.39 is 5.54 Å². The van der Waals surface area contributed by atoms with Crippen molar-refractivity contribution in [1.82, 2.24) is 24.8 Å². The molecule has 5 N–H and O–H groups in total. The largest absolute Gasteiger partial charge is 0.394 e. The molecule has 0 aromatic carbocycles. The van der Waals surface area contributed by atoms with Gasteiger partial charge in [0.1, 0.15) is 5.52 Å². The first kappa shape index (κ1) is 25.8. The molecule has 0 radical (unpaired) electrons. The maximum absolute atomic E-state index is 12.2. The number of aliphatic hydroxyl groups excluding tert-OH is 1. The SMILES string of the molecule is C=CCC(=O)N(C)Cc1c[nH]c(=O)cc1-c1cnc2c(NC(C)(CO)CCCC)nc(N)nc2c1. The summed E-state index contributed by atoms with van der Waals surface area (Å²) in [4.78, 5) is 41.9. The maximum atomic E-state index is 12.2. The van der Waals surface area contributed by atoms with Gasteiger partial charge in [-0.3, -0.25) is 14.6 Å². The molecule has 1 unspecified atom stereocenters. The number of rotatable bonds is 11. The van der Waals surface area contributed by atoms with Crippen LogP contribution >= 0.6 is 0 Å². The highest BCUT2D eigenvalue weighted by Crippen LogP contribution is 2.29. The van der Waals surface area contributed by atoms with E-state index in [-0.39, 0.29) is 30.4 Å². The van der Waals surface area contributed by atoms with Gasteiger partial charge in [-0.15, -0.1) is 6.58 Å². The number of pyridine rings is 2. The number of aliphatic hydroxyl groups is 1. The fourth-order valence-corrected chi connectivity index (χ4v) is 3.83. The number of nitrogens with two attached hydrogens (primary N) is 1. The number of aromatic amines is 1. The molecule has 0 bridgehead atoms. The summed E-state index contributed by atoms with van der Waals surface area (Å²) in [7, 11) is 1.70. The summed E-state index contributed by atoms with van der Waals surface area (Å²) < 4.78 is 0. The topological polar surface area (TPSA) is 150 Å². The molecular formula is C25H33N7O3. The first-order valence-electron chi connectivity index (χ1n) is 11.6. The Kier molecular flexibility index (Phi) is 8.18. The fourth-order valence-electron chi connectivity index (χ4n) is 3.83. The third-order valence-electron chi connectivity index (χ3n) is 5.88. The minimum Gasteiger partial charge on any atom is -0.394 e. The zero-order valence-electron chi connectivity index (χ0n) is 20.5. The van der Waals surface area contributed by atoms with Crippen LogP contribution in [0, 0.1) is 0 Å². The van der Waals surface area contributed by atoms with E-state index in [1.165, 1.54) is 6.07 Å². The highest BCUT2D eigenvalue weighted by molar-refractivity contribution is 5.89. The molecule has 35 heavy (non-hydrogen) atoms. The second-order valence-electron chi connectivity index (χ2n) is 8.95. The van der Waals surface area contributed by atoms with Gasteiger partial charge < -0.3 is 26.0 Å². The average Bonchev–Trinajstić information content (AvgIpc) is 2.83. The van der Waals surface area contributed by atoms with E-state index in [1.54, 1.807) is 36.5 Å². The molecule has 1 amide bonds. The maximum Gasteiger partial charge on any atom is 0.248 e. The molecule has 0 saturated carbocycles. The number of aromatic nitrogens is 4. The zero-order chi connectivity index (χ0) is 25.6. The monoisotopic (exact) mass is 479 g/mol. The minimum atomic E-state index is -0.591. The summed E-state index contributed by atoms with van der Waals surface area (Å²) in [5.74, 6) is 0.420. The number of anilines is 2. The van der Waals surface area contributed by atoms with Crippen LogP contribution in [0.15, 0.2) is 42.0 Å². The Bertz CT molecular complexity index is 1270. The van der Waals surface area contributed by atoms with Gasteiger partial charge in [0.05, 0.1) is 17.7 Å². The number of amides is 1. The van der Waals surface area contributed by atoms with Crippen LogP contribution in [0.5, 0.6) is 0 Å². The Hall–Kier alpha value is -3.79. The Labute approximate surface area is 204 Å². The van der Waals surface area contributed by atoms with Crippen molar-refractivity contribution in [2.24, 2.45) is 0 Å². The lowest BCUT2D eigenvalue weighted by Gasteiger charge is -2.29. The number of H-pyrrole nitrogens is 1. The van der Waals surface area contributed by atoms with Gasteiger partial charge >= 0.3 is 0 Å². The molecule has 186 valence electrons. The lowest BCUT2D eigenvalue weighted by molar-refractivity contribution is -0.129. The van der Waals surface area contributed by atoms with Crippen molar-refractivity contribution >= 4 is 28.7 Å². The standard InChI is InChI=1S/C25H33N7O3/c1-5-7-9-25(3,15-33)31-23-22-19(29-24(26)30-23)10-16(12-28-22)18-11-20(34)27-13-17(18)14-32(4)21(35)8-6-2/h6,10-13,33H,2,5,7-9,14-15H2,1,3-4H3,(H,27,34)(H3,26,29,30,31). The van der Waals surface area contributed by atoms with Crippen LogP contribution in [0.4, 0.5) is 11.8 Å². The highest BCUT2D eigenvalue weighted by atomic mass is 16.3. The van der Waals surface area contributed by atoms with E-state index in [2.05, 4.69) is 38.8 Å². The van der Waals surface area contributed by atoms with Crippen molar-refractivity contribution < 1.29 is 9.90 Å². The van der Waals surface area contributed by atoms with Crippen LogP contribution in [-0.2, 0) is 11.3 Å². The van der Waals surface area contributed by atoms with Crippen molar-refractivity contribution in [2.75, 3.05) is 24.7 Å². The van der Waals surface area contributed by atoms with E-state index in [0.717, 1.165) is 24.8 Å². The number of hydrogen-bond donors (Lipinski definition) is 4. The minimum absolute atomic E-state index is 0.0654. The summed E-state index contributed by atoms with van der Waals surface area (Å²) in [5.41, 5.74) is 8.17. The van der Waals surface area contributed by atoms with Crippen molar-refractivity contribution in [3.05, 3.63) is 53.1 Å². The number of carbonyl (C=O) groups is 1. The summed E-state index contributed by atoms with van der Waals surface area (Å²) in [6, 6.07) is 3.26. The van der Waals surface area contributed by atoms with Gasteiger partial charge in [0, 0.05) is 44.0 Å². The Balaban J connectivity index is 2.03. The lowest BCUT2D eigenvalue weighted by atomic mass is 9.96. The van der Waals surface area contributed by atoms with Crippen molar-refractivity contribution in [1.29, 1.82) is 0 Å². The van der Waals surface area contributed by atoms with Gasteiger partial charge in [0.15, 0.2) is 5.82 Å². The van der Waals surface area contributed by atoms with Gasteiger partial charge in [0.25, 0.3) is 0 Å². The third-order valence-corrected chi connectivity index (χ3v) is 5.88. The quantitative estimate of drug-likeness (QED) is 0.307. The van der Waals surface area contributed by atoms with E-state index in [4.69, 9.17) is 5.73 Å². The number of hydrogen-bond acceptors (Lipinski definition) is 8. The molecular weight excluding hydrogens is 446 g/mol. The molecule has 3 heterocycles. The van der Waals surface area contributed by atoms with Crippen LogP contribution in [-0.4, -0.2) is 55.0 Å². The Morgan fingerprint density at radius 2 is 2.14 bits per heavy atom. The molecule has 0 aliphatic carbocycles. The molecule has 1 atom stereocenters. The molecule has 0 fully saturated rings. The summed E-state index contributed by atoms with van der Waals surface area (Å²) >= 11 is 0. The smallest absolute Gasteiger partial charge is 0.248 e. The molecule has 3 aromatic heterocycles. The molecule has 0 aliphatic heterocycles. The molecule has 0 spiro atoms. The van der Waals surface area contributed by atoms with Crippen LogP contribution in [0.1, 0.15) is 45.1 Å². The lowest BCUT2D eigenvalue weighted by Crippen LogP contribution is -2.39. The molecule has 0 aliphatic rings. The molecule has 10 heteroatoms. The van der Waals surface area contributed by atoms with Gasteiger partial charge in [-0.1, -0.05) is 25.8 Å². The molecule has 3 rings (SSSR count).